The van der Waals surface area contributed by atoms with E-state index in [1.807, 2.05) is 0 Å². The minimum Gasteiger partial charge on any atom is -0.322 e. The van der Waals surface area contributed by atoms with Gasteiger partial charge in [-0.1, -0.05) is 58.2 Å². The van der Waals surface area contributed by atoms with Crippen molar-refractivity contribution < 1.29 is 4.79 Å². The van der Waals surface area contributed by atoms with Crippen molar-refractivity contribution in [2.75, 3.05) is 23.8 Å². The molecule has 0 aromatic heterocycles. The number of nitrogens with one attached hydrogen (secondary N) is 1. The van der Waals surface area contributed by atoms with Gasteiger partial charge in [-0.15, -0.1) is 0 Å². The van der Waals surface area contributed by atoms with Crippen molar-refractivity contribution in [2.24, 2.45) is 0 Å². The Hall–Kier alpha value is -0.880. The summed E-state index contributed by atoms with van der Waals surface area (Å²) in [5, 5.41) is 3.39. The average Bonchev–Trinajstić information content (AvgIpc) is 2.64. The number of benzene rings is 1. The highest BCUT2D eigenvalue weighted by Gasteiger charge is 2.64. The van der Waals surface area contributed by atoms with Crippen LogP contribution in [0.2, 0.25) is 0 Å². The second-order valence-corrected chi connectivity index (χ2v) is 13.5. The molecule has 1 aliphatic carbocycles. The molecule has 3 heteroatoms. The first kappa shape index (κ1) is 23.4. The number of hydrogen-bond donors (Lipinski definition) is 1. The lowest BCUT2D eigenvalue weighted by atomic mass is 9.83. The first-order valence-electron chi connectivity index (χ1n) is 11.7. The lowest BCUT2D eigenvalue weighted by molar-refractivity contribution is -0.120. The van der Waals surface area contributed by atoms with Crippen LogP contribution in [0.1, 0.15) is 89.7 Å². The smallest absolute Gasteiger partial charge is 0.268 e. The van der Waals surface area contributed by atoms with Gasteiger partial charge < -0.3 is 5.32 Å². The highest BCUT2D eigenvalue weighted by molar-refractivity contribution is 7.78. The summed E-state index contributed by atoms with van der Waals surface area (Å²) in [6.45, 7) is 11.1. The molecule has 1 N–H and O–H groups in total. The SMILES string of the molecule is CCCC[P+](CCCC)(CCCC)C1(C(=O)Nc2c(C)cccc2C)CCC1. The van der Waals surface area contributed by atoms with Crippen molar-refractivity contribution in [3.05, 3.63) is 29.3 Å². The van der Waals surface area contributed by atoms with E-state index in [9.17, 15) is 4.79 Å². The molecule has 28 heavy (non-hydrogen) atoms. The summed E-state index contributed by atoms with van der Waals surface area (Å²) in [6.07, 6.45) is 15.0. The number of carbonyl (C=O) groups excluding carboxylic acids is 1. The van der Waals surface area contributed by atoms with Crippen LogP contribution in [-0.2, 0) is 4.79 Å². The lowest BCUT2D eigenvalue weighted by Crippen LogP contribution is -2.52. The van der Waals surface area contributed by atoms with E-state index in [2.05, 4.69) is 58.1 Å². The number of anilines is 1. The van der Waals surface area contributed by atoms with Gasteiger partial charge in [0, 0.05) is 12.9 Å². The fourth-order valence-corrected chi connectivity index (χ4v) is 11.5. The van der Waals surface area contributed by atoms with Gasteiger partial charge in [0.1, 0.15) is 0 Å². The Morgan fingerprint density at radius 3 is 1.75 bits per heavy atom. The Bertz CT molecular complexity index is 593. The Kier molecular flexibility index (Phi) is 9.00. The molecule has 0 heterocycles. The zero-order chi connectivity index (χ0) is 20.6. The van der Waals surface area contributed by atoms with Crippen molar-refractivity contribution in [2.45, 2.75) is 97.6 Å². The molecular weight excluding hydrogens is 361 g/mol. The minimum absolute atomic E-state index is 0.0543. The fourth-order valence-electron chi connectivity index (χ4n) is 5.03. The average molecular weight is 405 g/mol. The molecule has 0 bridgehead atoms. The van der Waals surface area contributed by atoms with Crippen molar-refractivity contribution in [3.63, 3.8) is 0 Å². The van der Waals surface area contributed by atoms with Gasteiger partial charge in [0.25, 0.3) is 5.91 Å². The van der Waals surface area contributed by atoms with Gasteiger partial charge in [0.2, 0.25) is 0 Å². The topological polar surface area (TPSA) is 29.1 Å². The number of unbranched alkanes of at least 4 members (excludes halogenated alkanes) is 3. The Labute approximate surface area is 174 Å². The molecule has 1 fully saturated rings. The second-order valence-electron chi connectivity index (χ2n) is 8.98. The van der Waals surface area contributed by atoms with Crippen LogP contribution in [0.15, 0.2) is 18.2 Å². The van der Waals surface area contributed by atoms with Gasteiger partial charge in [-0.2, -0.15) is 0 Å². The molecule has 0 spiro atoms. The number of rotatable bonds is 12. The number of carbonyl (C=O) groups is 1. The zero-order valence-electron chi connectivity index (χ0n) is 19.1. The number of amides is 1. The van der Waals surface area contributed by atoms with E-state index in [1.165, 1.54) is 74.6 Å². The maximum atomic E-state index is 13.9. The third kappa shape index (κ3) is 4.81. The minimum atomic E-state index is -1.32. The van der Waals surface area contributed by atoms with Crippen LogP contribution in [0.4, 0.5) is 5.69 Å². The molecule has 1 aromatic rings. The molecule has 0 aliphatic heterocycles. The summed E-state index contributed by atoms with van der Waals surface area (Å²) in [5.41, 5.74) is 3.42. The Balaban J connectivity index is 2.38. The first-order valence-corrected chi connectivity index (χ1v) is 14.0. The van der Waals surface area contributed by atoms with Crippen molar-refractivity contribution in [1.29, 1.82) is 0 Å². The van der Waals surface area contributed by atoms with E-state index in [-0.39, 0.29) is 5.16 Å². The number of hydrogen-bond acceptors (Lipinski definition) is 1. The summed E-state index contributed by atoms with van der Waals surface area (Å²) in [7, 11) is -1.32. The van der Waals surface area contributed by atoms with Crippen molar-refractivity contribution >= 4 is 18.9 Å². The zero-order valence-corrected chi connectivity index (χ0v) is 20.0. The predicted molar refractivity (Wildman–Crippen MR) is 127 cm³/mol. The van der Waals surface area contributed by atoms with Crippen molar-refractivity contribution in [1.82, 2.24) is 0 Å². The Morgan fingerprint density at radius 1 is 0.929 bits per heavy atom. The molecule has 1 saturated carbocycles. The van der Waals surface area contributed by atoms with Gasteiger partial charge in [-0.05, 0) is 63.5 Å². The van der Waals surface area contributed by atoms with E-state index in [4.69, 9.17) is 0 Å². The molecule has 2 rings (SSSR count). The molecular formula is C25H43NOP+. The molecule has 0 atom stereocenters. The first-order chi connectivity index (χ1) is 13.5. The van der Waals surface area contributed by atoms with Crippen LogP contribution < -0.4 is 5.32 Å². The maximum Gasteiger partial charge on any atom is 0.268 e. The van der Waals surface area contributed by atoms with Gasteiger partial charge in [-0.3, -0.25) is 4.79 Å². The third-order valence-electron chi connectivity index (χ3n) is 7.05. The predicted octanol–water partition coefficient (Wildman–Crippen LogP) is 7.58. The summed E-state index contributed by atoms with van der Waals surface area (Å²) in [6, 6.07) is 6.31. The molecule has 158 valence electrons. The summed E-state index contributed by atoms with van der Waals surface area (Å²) >= 11 is 0. The summed E-state index contributed by atoms with van der Waals surface area (Å²) in [4.78, 5) is 13.9. The monoisotopic (exact) mass is 404 g/mol. The van der Waals surface area contributed by atoms with Gasteiger partial charge in [-0.25, -0.2) is 0 Å². The Morgan fingerprint density at radius 2 is 1.39 bits per heavy atom. The van der Waals surface area contributed by atoms with E-state index >= 15 is 0 Å². The number of aryl methyl sites for hydroxylation is 2. The van der Waals surface area contributed by atoms with Crippen LogP contribution in [0.3, 0.4) is 0 Å². The normalized spacial score (nSPS) is 15.9. The highest BCUT2D eigenvalue weighted by atomic mass is 31.2. The number of para-hydroxylation sites is 1. The maximum absolute atomic E-state index is 13.9. The molecule has 0 radical (unpaired) electrons. The van der Waals surface area contributed by atoms with E-state index in [1.54, 1.807) is 0 Å². The molecule has 2 nitrogen and oxygen atoms in total. The van der Waals surface area contributed by atoms with E-state index in [0.29, 0.717) is 5.91 Å². The van der Waals surface area contributed by atoms with Gasteiger partial charge >= 0.3 is 0 Å². The highest BCUT2D eigenvalue weighted by Crippen LogP contribution is 2.76. The van der Waals surface area contributed by atoms with Crippen LogP contribution in [-0.4, -0.2) is 29.5 Å². The van der Waals surface area contributed by atoms with Crippen LogP contribution in [0.25, 0.3) is 0 Å². The fraction of sp³-hybridized carbons (Fsp3) is 0.720. The summed E-state index contributed by atoms with van der Waals surface area (Å²) < 4.78 is 0. The van der Waals surface area contributed by atoms with Crippen molar-refractivity contribution in [3.8, 4) is 0 Å². The molecule has 1 aliphatic rings. The standard InChI is InChI=1S/C25H42NOP/c1-6-9-18-28(19-10-7-2,20-11-8-3)25(16-13-17-25)24(27)26-23-21(4)14-12-15-22(23)5/h12,14-15H,6-11,13,16-20H2,1-5H3/p+1. The van der Waals surface area contributed by atoms with E-state index < -0.39 is 7.26 Å². The van der Waals surface area contributed by atoms with Crippen LogP contribution in [0.5, 0.6) is 0 Å². The van der Waals surface area contributed by atoms with Gasteiger partial charge in [0.15, 0.2) is 5.16 Å². The van der Waals surface area contributed by atoms with Crippen LogP contribution >= 0.6 is 7.26 Å². The third-order valence-corrected chi connectivity index (χ3v) is 13.0. The molecule has 0 saturated heterocycles. The molecule has 0 unspecified atom stereocenters. The van der Waals surface area contributed by atoms with Crippen LogP contribution in [0, 0.1) is 13.8 Å². The van der Waals surface area contributed by atoms with E-state index in [0.717, 1.165) is 18.5 Å². The summed E-state index contributed by atoms with van der Waals surface area (Å²) in [5.74, 6) is 0.354. The molecule has 1 aromatic carbocycles. The lowest BCUT2D eigenvalue weighted by Gasteiger charge is -2.49. The molecule has 1 amide bonds. The second kappa shape index (κ2) is 10.8. The van der Waals surface area contributed by atoms with Gasteiger partial charge in [0.05, 0.1) is 18.5 Å². The quantitative estimate of drug-likeness (QED) is 0.357. The largest absolute Gasteiger partial charge is 0.322 e.